The van der Waals surface area contributed by atoms with E-state index in [1.165, 1.54) is 38.2 Å². The lowest BCUT2D eigenvalue weighted by Crippen LogP contribution is -2.34. The number of carbonyl (C=O) groups excluding carboxylic acids is 2. The van der Waals surface area contributed by atoms with E-state index in [1.807, 2.05) is 0 Å². The van der Waals surface area contributed by atoms with Crippen LogP contribution in [0.4, 0.5) is 29.1 Å². The molecule has 0 aliphatic rings. The van der Waals surface area contributed by atoms with Crippen molar-refractivity contribution in [2.45, 2.75) is 46.4 Å². The molecule has 0 unspecified atom stereocenters. The molecule has 0 radical (unpaired) electrons. The molecule has 2 amide bonds. The number of amides is 2. The average Bonchev–Trinajstić information content (AvgIpc) is 3.26. The predicted octanol–water partition coefficient (Wildman–Crippen LogP) is 6.83. The maximum Gasteiger partial charge on any atom is 0.415 e. The van der Waals surface area contributed by atoms with Gasteiger partial charge in [0.05, 0.1) is 24.6 Å². The highest BCUT2D eigenvalue weighted by Crippen LogP contribution is 2.44. The summed E-state index contributed by atoms with van der Waals surface area (Å²) in [4.78, 5) is 51.4. The second kappa shape index (κ2) is 12.9. The molecule has 11 nitrogen and oxygen atoms in total. The van der Waals surface area contributed by atoms with Gasteiger partial charge in [-0.05, 0) is 57.5 Å². The molecule has 1 heterocycles. The predicted molar refractivity (Wildman–Crippen MR) is 151 cm³/mol. The van der Waals surface area contributed by atoms with E-state index in [0.717, 1.165) is 39.3 Å². The fourth-order valence-corrected chi connectivity index (χ4v) is 5.18. The number of halogens is 2. The Labute approximate surface area is 244 Å². The van der Waals surface area contributed by atoms with E-state index >= 15 is 0 Å². The number of hydrogen-bond acceptors (Lipinski definition) is 8. The third kappa shape index (κ3) is 7.37. The molecule has 0 spiro atoms. The van der Waals surface area contributed by atoms with Crippen LogP contribution >= 0.6 is 11.3 Å². The number of hydrogen-bond donors (Lipinski definition) is 1. The highest BCUT2D eigenvalue weighted by atomic mass is 32.1. The van der Waals surface area contributed by atoms with Crippen molar-refractivity contribution in [3.8, 4) is 10.4 Å². The Hall–Kier alpha value is -4.59. The number of non-ortho nitro benzene ring substituents is 1. The summed E-state index contributed by atoms with van der Waals surface area (Å²) in [6, 6.07) is 8.36. The number of nitro benzene ring substituents is 1. The average molecular weight is 606 g/mol. The Morgan fingerprint density at radius 3 is 2.10 bits per heavy atom. The van der Waals surface area contributed by atoms with Crippen LogP contribution in [0.5, 0.6) is 0 Å². The van der Waals surface area contributed by atoms with Gasteiger partial charge >= 0.3 is 18.2 Å². The maximum absolute atomic E-state index is 14.6. The van der Waals surface area contributed by atoms with Gasteiger partial charge in [-0.25, -0.2) is 23.2 Å². The van der Waals surface area contributed by atoms with E-state index in [2.05, 4.69) is 0 Å². The van der Waals surface area contributed by atoms with Gasteiger partial charge in [0.25, 0.3) is 5.69 Å². The Balaban J connectivity index is 2.27. The van der Waals surface area contributed by atoms with E-state index in [-0.39, 0.29) is 34.3 Å². The number of carboxylic acid groups (broad SMARTS) is 1. The van der Waals surface area contributed by atoms with Crippen LogP contribution in [-0.4, -0.2) is 52.3 Å². The minimum atomic E-state index is -1.50. The molecule has 0 fully saturated rings. The number of carboxylic acids is 1. The van der Waals surface area contributed by atoms with Crippen LogP contribution in [0.1, 0.15) is 49.2 Å². The zero-order valence-electron chi connectivity index (χ0n) is 23.5. The largest absolute Gasteiger partial charge is 0.478 e. The SMILES string of the molecule is CCOC(=O)N(Cc1c(F)cccc1F)c1sc(-c2ccc([N+](=O)[O-])cc2)c(CN(C)C(=O)OC(C)(C)C)c1C(=O)O. The summed E-state index contributed by atoms with van der Waals surface area (Å²) >= 11 is 0.793. The number of ether oxygens (including phenoxy) is 2. The molecule has 0 aliphatic carbocycles. The number of thiophene rings is 1. The molecule has 0 bridgehead atoms. The van der Waals surface area contributed by atoms with Crippen LogP contribution in [0.15, 0.2) is 42.5 Å². The lowest BCUT2D eigenvalue weighted by Gasteiger charge is -2.25. The lowest BCUT2D eigenvalue weighted by atomic mass is 10.0. The highest BCUT2D eigenvalue weighted by Gasteiger charge is 2.33. The van der Waals surface area contributed by atoms with E-state index in [0.29, 0.717) is 5.56 Å². The summed E-state index contributed by atoms with van der Waals surface area (Å²) in [5.41, 5.74) is -1.59. The third-order valence-electron chi connectivity index (χ3n) is 5.75. The molecular weight excluding hydrogens is 576 g/mol. The number of nitrogens with zero attached hydrogens (tertiary/aromatic N) is 3. The minimum absolute atomic E-state index is 0.0630. The fourth-order valence-electron chi connectivity index (χ4n) is 3.88. The normalized spacial score (nSPS) is 11.1. The van der Waals surface area contributed by atoms with Gasteiger partial charge < -0.3 is 19.5 Å². The van der Waals surface area contributed by atoms with E-state index in [1.54, 1.807) is 20.8 Å². The highest BCUT2D eigenvalue weighted by molar-refractivity contribution is 7.20. The number of anilines is 1. The zero-order valence-corrected chi connectivity index (χ0v) is 24.3. The molecule has 0 saturated heterocycles. The van der Waals surface area contributed by atoms with Crippen molar-refractivity contribution in [3.05, 3.63) is 80.9 Å². The smallest absolute Gasteiger partial charge is 0.415 e. The monoisotopic (exact) mass is 605 g/mol. The molecule has 2 aromatic carbocycles. The van der Waals surface area contributed by atoms with E-state index in [9.17, 15) is 38.4 Å². The van der Waals surface area contributed by atoms with Crippen molar-refractivity contribution in [1.29, 1.82) is 0 Å². The molecule has 1 aromatic heterocycles. The molecule has 0 aliphatic heterocycles. The standard InChI is InChI=1S/C28H29F2N3O8S/c1-6-40-27(37)32(15-18-20(29)8-7-9-21(18)30)24-22(25(34)35)19(14-31(5)26(36)41-28(2,3)4)23(42-24)16-10-12-17(13-11-16)33(38)39/h7-13H,6,14-15H2,1-5H3,(H,34,35). The first-order valence-electron chi connectivity index (χ1n) is 12.6. The van der Waals surface area contributed by atoms with E-state index < -0.39 is 58.0 Å². The van der Waals surface area contributed by atoms with Gasteiger partial charge in [-0.3, -0.25) is 15.0 Å². The summed E-state index contributed by atoms with van der Waals surface area (Å²) < 4.78 is 39.8. The number of aromatic carboxylic acids is 1. The Bertz CT molecular complexity index is 1480. The summed E-state index contributed by atoms with van der Waals surface area (Å²) in [5, 5.41) is 21.3. The van der Waals surface area contributed by atoms with Crippen molar-refractivity contribution in [2.24, 2.45) is 0 Å². The molecular formula is C28H29F2N3O8S. The van der Waals surface area contributed by atoms with Gasteiger partial charge in [0, 0.05) is 35.2 Å². The van der Waals surface area contributed by atoms with Gasteiger partial charge in [-0.2, -0.15) is 0 Å². The number of nitro groups is 1. The molecule has 42 heavy (non-hydrogen) atoms. The molecule has 0 saturated carbocycles. The molecule has 3 aromatic rings. The van der Waals surface area contributed by atoms with Gasteiger partial charge in [-0.1, -0.05) is 6.07 Å². The number of benzene rings is 2. The Kier molecular flexibility index (Phi) is 9.83. The van der Waals surface area contributed by atoms with Crippen molar-refractivity contribution < 1.29 is 42.7 Å². The van der Waals surface area contributed by atoms with Crippen molar-refractivity contribution in [1.82, 2.24) is 4.90 Å². The van der Waals surface area contributed by atoms with Crippen LogP contribution in [0.2, 0.25) is 0 Å². The Morgan fingerprint density at radius 2 is 1.60 bits per heavy atom. The van der Waals surface area contributed by atoms with Crippen LogP contribution in [0.3, 0.4) is 0 Å². The second-order valence-electron chi connectivity index (χ2n) is 10.0. The van der Waals surface area contributed by atoms with Crippen LogP contribution in [0.25, 0.3) is 10.4 Å². The molecule has 3 rings (SSSR count). The first-order valence-corrected chi connectivity index (χ1v) is 13.4. The van der Waals surface area contributed by atoms with Gasteiger partial charge in [-0.15, -0.1) is 11.3 Å². The number of carbonyl (C=O) groups is 3. The van der Waals surface area contributed by atoms with Crippen molar-refractivity contribution in [2.75, 3.05) is 18.6 Å². The molecule has 14 heteroatoms. The lowest BCUT2D eigenvalue weighted by molar-refractivity contribution is -0.384. The molecule has 224 valence electrons. The zero-order chi connectivity index (χ0) is 31.4. The fraction of sp³-hybridized carbons (Fsp3) is 0.321. The van der Waals surface area contributed by atoms with Crippen molar-refractivity contribution in [3.63, 3.8) is 0 Å². The summed E-state index contributed by atoms with van der Waals surface area (Å²) in [6.45, 7) is 5.34. The van der Waals surface area contributed by atoms with Gasteiger partial charge in [0.1, 0.15) is 27.8 Å². The third-order valence-corrected chi connectivity index (χ3v) is 7.06. The summed E-state index contributed by atoms with van der Waals surface area (Å²) in [5.74, 6) is -3.42. The molecule has 0 atom stereocenters. The first-order chi connectivity index (χ1) is 19.6. The summed E-state index contributed by atoms with van der Waals surface area (Å²) in [6.07, 6.45) is -1.83. The van der Waals surface area contributed by atoms with Gasteiger partial charge in [0.15, 0.2) is 0 Å². The maximum atomic E-state index is 14.6. The van der Waals surface area contributed by atoms with Gasteiger partial charge in [0.2, 0.25) is 0 Å². The quantitative estimate of drug-likeness (QED) is 0.207. The van der Waals surface area contributed by atoms with Crippen LogP contribution in [-0.2, 0) is 22.6 Å². The Morgan fingerprint density at radius 1 is 1.00 bits per heavy atom. The van der Waals surface area contributed by atoms with Crippen molar-refractivity contribution >= 4 is 40.2 Å². The minimum Gasteiger partial charge on any atom is -0.478 e. The number of rotatable bonds is 9. The topological polar surface area (TPSA) is 140 Å². The van der Waals surface area contributed by atoms with Crippen LogP contribution in [0, 0.1) is 21.7 Å². The first kappa shape index (κ1) is 31.9. The second-order valence-corrected chi connectivity index (χ2v) is 11.0. The van der Waals surface area contributed by atoms with E-state index in [4.69, 9.17) is 9.47 Å². The summed E-state index contributed by atoms with van der Waals surface area (Å²) in [7, 11) is 1.38. The molecule has 1 N–H and O–H groups in total. The van der Waals surface area contributed by atoms with Crippen LogP contribution < -0.4 is 4.90 Å².